The largest absolute Gasteiger partial charge is 0.504 e. The van der Waals surface area contributed by atoms with Crippen molar-refractivity contribution in [2.24, 2.45) is 0 Å². The lowest BCUT2D eigenvalue weighted by Crippen LogP contribution is -1.72. The molecule has 0 radical (unpaired) electrons. The highest BCUT2D eigenvalue weighted by molar-refractivity contribution is 7.50. The standard InChI is InChI=1S/C3H8O2P.CH5O3P.CH4/c1-3-5-6(2)4;1-5(2,3)4;/h3H2,1-2H3;1H3,(H2,2,3,4);1H4/q+1;;. The van der Waals surface area contributed by atoms with E-state index in [0.717, 1.165) is 6.66 Å². The van der Waals surface area contributed by atoms with E-state index in [4.69, 9.17) is 9.79 Å². The van der Waals surface area contributed by atoms with Gasteiger partial charge in [0.25, 0.3) is 0 Å². The van der Waals surface area contributed by atoms with Crippen molar-refractivity contribution in [1.29, 1.82) is 0 Å². The average molecular weight is 219 g/mol. The van der Waals surface area contributed by atoms with Gasteiger partial charge in [-0.25, -0.2) is 0 Å². The first-order valence-electron chi connectivity index (χ1n) is 2.84. The molecule has 0 aliphatic rings. The van der Waals surface area contributed by atoms with Gasteiger partial charge >= 0.3 is 15.6 Å². The third-order valence-corrected chi connectivity index (χ3v) is 0.933. The van der Waals surface area contributed by atoms with E-state index in [9.17, 15) is 9.13 Å². The quantitative estimate of drug-likeness (QED) is 0.692. The lowest BCUT2D eigenvalue weighted by atomic mass is 10.9. The Morgan fingerprint density at radius 1 is 1.50 bits per heavy atom. The zero-order valence-electron chi connectivity index (χ0n) is 6.72. The summed E-state index contributed by atoms with van der Waals surface area (Å²) in [6.07, 6.45) is 0. The Kier molecular flexibility index (Phi) is 14.0. The van der Waals surface area contributed by atoms with Crippen LogP contribution in [0.25, 0.3) is 0 Å². The molecule has 76 valence electrons. The minimum absolute atomic E-state index is 0. The molecule has 0 heterocycles. The van der Waals surface area contributed by atoms with Gasteiger partial charge in [-0.3, -0.25) is 4.57 Å². The Bertz CT molecular complexity index is 144. The number of hydrogen-bond donors (Lipinski definition) is 2. The molecule has 0 rings (SSSR count). The molecule has 0 aliphatic heterocycles. The SMILES string of the molecule is C.CCO[P+](C)=O.CP(=O)(O)O. The molecule has 0 fully saturated rings. The molecule has 0 aromatic heterocycles. The summed E-state index contributed by atoms with van der Waals surface area (Å²) in [6, 6.07) is 0. The topological polar surface area (TPSA) is 83.8 Å². The molecule has 0 saturated carbocycles. The Morgan fingerprint density at radius 2 is 1.75 bits per heavy atom. The van der Waals surface area contributed by atoms with Crippen LogP contribution in [0.1, 0.15) is 14.4 Å². The van der Waals surface area contributed by atoms with Crippen molar-refractivity contribution in [2.75, 3.05) is 19.9 Å². The fourth-order valence-corrected chi connectivity index (χ4v) is 0.545. The van der Waals surface area contributed by atoms with Gasteiger partial charge in [-0.15, -0.1) is 4.52 Å². The average Bonchev–Trinajstić information content (AvgIpc) is 1.58. The van der Waals surface area contributed by atoms with Crippen molar-refractivity contribution in [3.05, 3.63) is 0 Å². The first kappa shape index (κ1) is 18.1. The first-order valence-corrected chi connectivity index (χ1v) is 6.52. The van der Waals surface area contributed by atoms with Crippen LogP contribution in [0.15, 0.2) is 0 Å². The maximum atomic E-state index is 9.97. The molecule has 0 saturated heterocycles. The zero-order chi connectivity index (χ0) is 9.49. The lowest BCUT2D eigenvalue weighted by molar-refractivity contribution is 0.354. The van der Waals surface area contributed by atoms with E-state index in [0.29, 0.717) is 6.61 Å². The van der Waals surface area contributed by atoms with Crippen LogP contribution in [0, 0.1) is 0 Å². The molecule has 1 atom stereocenters. The highest BCUT2D eigenvalue weighted by atomic mass is 31.2. The van der Waals surface area contributed by atoms with Crippen LogP contribution in [-0.4, -0.2) is 29.7 Å². The molecule has 12 heavy (non-hydrogen) atoms. The van der Waals surface area contributed by atoms with Gasteiger partial charge in [0.15, 0.2) is 6.66 Å². The number of hydrogen-bond acceptors (Lipinski definition) is 3. The van der Waals surface area contributed by atoms with Gasteiger partial charge in [-0.1, -0.05) is 7.43 Å². The predicted octanol–water partition coefficient (Wildman–Crippen LogP) is 1.83. The van der Waals surface area contributed by atoms with E-state index in [-0.39, 0.29) is 7.43 Å². The van der Waals surface area contributed by atoms with Crippen molar-refractivity contribution < 1.29 is 23.4 Å². The molecule has 0 aromatic carbocycles. The maximum absolute atomic E-state index is 9.97. The Labute approximate surface area is 74.2 Å². The molecule has 1 unspecified atom stereocenters. The van der Waals surface area contributed by atoms with Crippen molar-refractivity contribution in [3.8, 4) is 0 Å². The van der Waals surface area contributed by atoms with Crippen LogP contribution >= 0.6 is 15.6 Å². The summed E-state index contributed by atoms with van der Waals surface area (Å²) in [6.45, 7) is 4.76. The third-order valence-electron chi connectivity index (χ3n) is 0.311. The molecule has 0 amide bonds. The Morgan fingerprint density at radius 3 is 1.75 bits per heavy atom. The van der Waals surface area contributed by atoms with Crippen LogP contribution < -0.4 is 0 Å². The third kappa shape index (κ3) is 84.0. The summed E-state index contributed by atoms with van der Waals surface area (Å²) >= 11 is 0. The summed E-state index contributed by atoms with van der Waals surface area (Å²) in [7, 11) is -4.99. The van der Waals surface area contributed by atoms with Gasteiger partial charge in [0, 0.05) is 6.66 Å². The van der Waals surface area contributed by atoms with Gasteiger partial charge in [-0.05, 0) is 11.5 Å². The monoisotopic (exact) mass is 219 g/mol. The van der Waals surface area contributed by atoms with Crippen LogP contribution in [0.3, 0.4) is 0 Å². The van der Waals surface area contributed by atoms with Crippen molar-refractivity contribution in [2.45, 2.75) is 14.4 Å². The van der Waals surface area contributed by atoms with Crippen molar-refractivity contribution in [1.82, 2.24) is 0 Å². The van der Waals surface area contributed by atoms with Gasteiger partial charge in [0.1, 0.15) is 0 Å². The highest BCUT2D eigenvalue weighted by Crippen LogP contribution is 2.26. The smallest absolute Gasteiger partial charge is 0.325 e. The summed E-state index contributed by atoms with van der Waals surface area (Å²) in [5, 5.41) is 0. The second-order valence-electron chi connectivity index (χ2n) is 1.69. The number of rotatable bonds is 2. The molecule has 0 aromatic rings. The maximum Gasteiger partial charge on any atom is 0.504 e. The van der Waals surface area contributed by atoms with Crippen LogP contribution in [-0.2, 0) is 13.7 Å². The van der Waals surface area contributed by atoms with E-state index in [1.54, 1.807) is 6.66 Å². The van der Waals surface area contributed by atoms with Gasteiger partial charge in [0.05, 0.1) is 6.61 Å². The zero-order valence-corrected chi connectivity index (χ0v) is 8.51. The van der Waals surface area contributed by atoms with Gasteiger partial charge in [-0.2, -0.15) is 0 Å². The van der Waals surface area contributed by atoms with E-state index in [1.807, 2.05) is 6.92 Å². The minimum atomic E-state index is -3.64. The molecule has 5 nitrogen and oxygen atoms in total. The first-order chi connectivity index (χ1) is 4.77. The van der Waals surface area contributed by atoms with E-state index < -0.39 is 15.6 Å². The normalized spacial score (nSPS) is 10.6. The molecule has 0 spiro atoms. The summed E-state index contributed by atoms with van der Waals surface area (Å²) < 4.78 is 23.8. The predicted molar refractivity (Wildman–Crippen MR) is 49.9 cm³/mol. The van der Waals surface area contributed by atoms with E-state index in [1.165, 1.54) is 0 Å². The second-order valence-corrected chi connectivity index (χ2v) is 4.50. The molecule has 2 N–H and O–H groups in total. The van der Waals surface area contributed by atoms with E-state index in [2.05, 4.69) is 4.52 Å². The molecule has 0 aliphatic carbocycles. The summed E-state index contributed by atoms with van der Waals surface area (Å²) in [5.41, 5.74) is 0. The summed E-state index contributed by atoms with van der Waals surface area (Å²) in [4.78, 5) is 15.3. The minimum Gasteiger partial charge on any atom is -0.325 e. The van der Waals surface area contributed by atoms with Crippen LogP contribution in [0.4, 0.5) is 0 Å². The van der Waals surface area contributed by atoms with Crippen molar-refractivity contribution in [3.63, 3.8) is 0 Å². The van der Waals surface area contributed by atoms with Gasteiger partial charge < -0.3 is 9.79 Å². The molecule has 7 heteroatoms. The van der Waals surface area contributed by atoms with Gasteiger partial charge in [0.2, 0.25) is 0 Å². The molecular weight excluding hydrogens is 202 g/mol. The molecular formula is C5H17O5P2+. The fraction of sp³-hybridized carbons (Fsp3) is 1.00. The Balaban J connectivity index is -0.000000126. The lowest BCUT2D eigenvalue weighted by Gasteiger charge is -1.84. The highest BCUT2D eigenvalue weighted by Gasteiger charge is 2.00. The molecule has 0 bridgehead atoms. The van der Waals surface area contributed by atoms with E-state index >= 15 is 0 Å². The van der Waals surface area contributed by atoms with Crippen molar-refractivity contribution >= 4 is 15.6 Å². The van der Waals surface area contributed by atoms with Crippen LogP contribution in [0.5, 0.6) is 0 Å². The second kappa shape index (κ2) is 9.30. The van der Waals surface area contributed by atoms with Crippen LogP contribution in [0.2, 0.25) is 0 Å². The Hall–Kier alpha value is 0.210. The fourth-order valence-electron chi connectivity index (χ4n) is 0.182. The summed E-state index contributed by atoms with van der Waals surface area (Å²) in [5.74, 6) is 0.